The van der Waals surface area contributed by atoms with Gasteiger partial charge in [0, 0.05) is 16.7 Å². The molecule has 1 fully saturated rings. The highest BCUT2D eigenvalue weighted by Crippen LogP contribution is 2.31. The van der Waals surface area contributed by atoms with Gasteiger partial charge in [-0.25, -0.2) is 0 Å². The van der Waals surface area contributed by atoms with Gasteiger partial charge < -0.3 is 0 Å². The van der Waals surface area contributed by atoms with E-state index >= 15 is 0 Å². The Morgan fingerprint density at radius 3 is 2.44 bits per heavy atom. The van der Waals surface area contributed by atoms with Crippen molar-refractivity contribution in [2.24, 2.45) is 0 Å². The van der Waals surface area contributed by atoms with E-state index in [1.165, 1.54) is 6.07 Å². The van der Waals surface area contributed by atoms with Crippen molar-refractivity contribution < 1.29 is 9.13 Å². The second kappa shape index (κ2) is 5.80. The van der Waals surface area contributed by atoms with Crippen LogP contribution < -0.4 is 0 Å². The zero-order valence-corrected chi connectivity index (χ0v) is 11.3. The lowest BCUT2D eigenvalue weighted by atomic mass is 10.00. The Labute approximate surface area is 113 Å². The zero-order chi connectivity index (χ0) is 13.1. The predicted octanol–water partition coefficient (Wildman–Crippen LogP) is 3.25. The van der Waals surface area contributed by atoms with Gasteiger partial charge in [0.2, 0.25) is 0 Å². The molecule has 1 aliphatic rings. The SMILES string of the molecule is O=[N+]([O-])c1ccccc1S(=O)C1CCC(Cl)CC1. The van der Waals surface area contributed by atoms with Crippen molar-refractivity contribution >= 4 is 28.1 Å². The Kier molecular flexibility index (Phi) is 4.35. The molecule has 0 N–H and O–H groups in total. The largest absolute Gasteiger partial charge is 0.285 e. The van der Waals surface area contributed by atoms with Crippen LogP contribution in [0.1, 0.15) is 25.7 Å². The van der Waals surface area contributed by atoms with Gasteiger partial charge in [0.1, 0.15) is 4.90 Å². The van der Waals surface area contributed by atoms with Gasteiger partial charge in [-0.3, -0.25) is 14.3 Å². The molecule has 1 aromatic carbocycles. The minimum absolute atomic E-state index is 0.0129. The van der Waals surface area contributed by atoms with Gasteiger partial charge in [0.05, 0.1) is 15.7 Å². The summed E-state index contributed by atoms with van der Waals surface area (Å²) in [5.74, 6) is 0. The maximum absolute atomic E-state index is 12.4. The molecule has 0 saturated heterocycles. The quantitative estimate of drug-likeness (QED) is 0.487. The number of hydrogen-bond acceptors (Lipinski definition) is 3. The summed E-state index contributed by atoms with van der Waals surface area (Å²) in [6.45, 7) is 0. The number of hydrogen-bond donors (Lipinski definition) is 0. The smallest absolute Gasteiger partial charge is 0.258 e. The molecule has 1 aromatic rings. The van der Waals surface area contributed by atoms with Gasteiger partial charge in [-0.05, 0) is 31.7 Å². The molecule has 0 bridgehead atoms. The molecule has 1 atom stereocenters. The van der Waals surface area contributed by atoms with Crippen LogP contribution in [0.25, 0.3) is 0 Å². The fraction of sp³-hybridized carbons (Fsp3) is 0.500. The molecule has 0 spiro atoms. The van der Waals surface area contributed by atoms with Gasteiger partial charge in [0.25, 0.3) is 5.69 Å². The average Bonchev–Trinajstić information content (AvgIpc) is 2.39. The molecular formula is C12H14ClNO3S. The van der Waals surface area contributed by atoms with E-state index in [1.54, 1.807) is 18.2 Å². The number of para-hydroxylation sites is 1. The first-order chi connectivity index (χ1) is 8.59. The number of nitro benzene ring substituents is 1. The summed E-state index contributed by atoms with van der Waals surface area (Å²) in [7, 11) is -1.32. The number of halogens is 1. The van der Waals surface area contributed by atoms with Crippen molar-refractivity contribution in [3.63, 3.8) is 0 Å². The Bertz CT molecular complexity index is 472. The van der Waals surface area contributed by atoms with Crippen molar-refractivity contribution in [1.82, 2.24) is 0 Å². The Hall–Kier alpha value is -0.940. The highest BCUT2D eigenvalue weighted by molar-refractivity contribution is 7.85. The van der Waals surface area contributed by atoms with E-state index in [0.717, 1.165) is 25.7 Å². The average molecular weight is 288 g/mol. The van der Waals surface area contributed by atoms with Crippen molar-refractivity contribution in [1.29, 1.82) is 0 Å². The van der Waals surface area contributed by atoms with Crippen molar-refractivity contribution in [3.8, 4) is 0 Å². The summed E-state index contributed by atoms with van der Waals surface area (Å²) in [5.41, 5.74) is -0.0520. The minimum Gasteiger partial charge on any atom is -0.258 e. The van der Waals surface area contributed by atoms with Crippen LogP contribution in [0, 0.1) is 10.1 Å². The van der Waals surface area contributed by atoms with Crippen LogP contribution >= 0.6 is 11.6 Å². The van der Waals surface area contributed by atoms with Crippen LogP contribution in [0.15, 0.2) is 29.2 Å². The van der Waals surface area contributed by atoms with Crippen LogP contribution in [0.5, 0.6) is 0 Å². The lowest BCUT2D eigenvalue weighted by molar-refractivity contribution is -0.387. The number of nitrogens with zero attached hydrogens (tertiary/aromatic N) is 1. The fourth-order valence-corrected chi connectivity index (χ4v) is 4.07. The Morgan fingerprint density at radius 2 is 1.83 bits per heavy atom. The predicted molar refractivity (Wildman–Crippen MR) is 71.4 cm³/mol. The minimum atomic E-state index is -1.32. The highest BCUT2D eigenvalue weighted by atomic mass is 35.5. The number of benzene rings is 1. The van der Waals surface area contributed by atoms with Gasteiger partial charge in [0.15, 0.2) is 0 Å². The third-order valence-electron chi connectivity index (χ3n) is 3.19. The van der Waals surface area contributed by atoms with Gasteiger partial charge >= 0.3 is 0 Å². The van der Waals surface area contributed by atoms with E-state index in [2.05, 4.69) is 0 Å². The molecule has 18 heavy (non-hydrogen) atoms. The van der Waals surface area contributed by atoms with Gasteiger partial charge in [-0.15, -0.1) is 11.6 Å². The molecule has 0 amide bonds. The topological polar surface area (TPSA) is 60.2 Å². The zero-order valence-electron chi connectivity index (χ0n) is 9.75. The normalized spacial score (nSPS) is 25.6. The van der Waals surface area contributed by atoms with E-state index in [0.29, 0.717) is 4.90 Å². The second-order valence-corrected chi connectivity index (χ2v) is 6.71. The third kappa shape index (κ3) is 2.90. The summed E-state index contributed by atoms with van der Waals surface area (Å²) >= 11 is 6.01. The molecule has 1 unspecified atom stereocenters. The lowest BCUT2D eigenvalue weighted by Gasteiger charge is -2.24. The third-order valence-corrected chi connectivity index (χ3v) is 5.48. The van der Waals surface area contributed by atoms with E-state index in [4.69, 9.17) is 11.6 Å². The summed E-state index contributed by atoms with van der Waals surface area (Å²) in [6.07, 6.45) is 3.21. The summed E-state index contributed by atoms with van der Waals surface area (Å²) in [6, 6.07) is 6.27. The second-order valence-electron chi connectivity index (χ2n) is 4.40. The van der Waals surface area contributed by atoms with Gasteiger partial charge in [-0.1, -0.05) is 12.1 Å². The Morgan fingerprint density at radius 1 is 1.22 bits per heavy atom. The lowest BCUT2D eigenvalue weighted by Crippen LogP contribution is -2.23. The molecule has 0 aliphatic heterocycles. The monoisotopic (exact) mass is 287 g/mol. The molecule has 1 aliphatic carbocycles. The highest BCUT2D eigenvalue weighted by Gasteiger charge is 2.28. The molecule has 0 aromatic heterocycles. The molecule has 0 radical (unpaired) electrons. The Balaban J connectivity index is 2.21. The van der Waals surface area contributed by atoms with Crippen LogP contribution in [-0.2, 0) is 10.8 Å². The summed E-state index contributed by atoms with van der Waals surface area (Å²) in [4.78, 5) is 10.8. The van der Waals surface area contributed by atoms with Crippen molar-refractivity contribution in [3.05, 3.63) is 34.4 Å². The number of alkyl halides is 1. The summed E-state index contributed by atoms with van der Waals surface area (Å²) in [5, 5.41) is 11.1. The van der Waals surface area contributed by atoms with E-state index in [9.17, 15) is 14.3 Å². The molecular weight excluding hydrogens is 274 g/mol. The van der Waals surface area contributed by atoms with Crippen LogP contribution in [0.2, 0.25) is 0 Å². The first-order valence-electron chi connectivity index (χ1n) is 5.87. The maximum atomic E-state index is 12.4. The molecule has 1 saturated carbocycles. The summed E-state index contributed by atoms with van der Waals surface area (Å²) < 4.78 is 12.4. The van der Waals surface area contributed by atoms with E-state index in [1.807, 2.05) is 0 Å². The van der Waals surface area contributed by atoms with E-state index < -0.39 is 15.7 Å². The van der Waals surface area contributed by atoms with Crippen LogP contribution in [0.4, 0.5) is 5.69 Å². The van der Waals surface area contributed by atoms with Crippen LogP contribution in [-0.4, -0.2) is 19.8 Å². The van der Waals surface area contributed by atoms with E-state index in [-0.39, 0.29) is 16.3 Å². The van der Waals surface area contributed by atoms with Crippen molar-refractivity contribution in [2.75, 3.05) is 0 Å². The molecule has 6 heteroatoms. The first-order valence-corrected chi connectivity index (χ1v) is 7.52. The molecule has 98 valence electrons. The molecule has 4 nitrogen and oxygen atoms in total. The molecule has 2 rings (SSSR count). The molecule has 0 heterocycles. The first kappa shape index (κ1) is 13.5. The van der Waals surface area contributed by atoms with Crippen LogP contribution in [0.3, 0.4) is 0 Å². The van der Waals surface area contributed by atoms with Gasteiger partial charge in [-0.2, -0.15) is 0 Å². The standard InChI is InChI=1S/C12H14ClNO3S/c13-9-5-7-10(8-6-9)18(17)12-4-2-1-3-11(12)14(15)16/h1-4,9-10H,5-8H2. The van der Waals surface area contributed by atoms with Crippen molar-refractivity contribution in [2.45, 2.75) is 41.2 Å². The maximum Gasteiger partial charge on any atom is 0.285 e. The fourth-order valence-electron chi connectivity index (χ4n) is 2.19. The number of rotatable bonds is 3. The number of nitro groups is 1.